The van der Waals surface area contributed by atoms with E-state index >= 15 is 4.39 Å². The van der Waals surface area contributed by atoms with Gasteiger partial charge in [0.1, 0.15) is 23.1 Å². The van der Waals surface area contributed by atoms with Crippen LogP contribution in [0, 0.1) is 12.7 Å². The first kappa shape index (κ1) is 23.8. The van der Waals surface area contributed by atoms with E-state index in [1.54, 1.807) is 19.1 Å². The predicted molar refractivity (Wildman–Crippen MR) is 119 cm³/mol. The fourth-order valence-electron chi connectivity index (χ4n) is 3.49. The Bertz CT molecular complexity index is 1230. The van der Waals surface area contributed by atoms with Gasteiger partial charge in [-0.05, 0) is 50.5 Å². The molecule has 1 aliphatic heterocycles. The molecule has 1 amide bonds. The SMILES string of the molecule is Cc1[nH]nc(Cl)c1NC(=O)c1cc(F)c(-c2ccc3c(n2)NCCC3)cc1OC(C)C(F)(F)F. The molecular weight excluding hydrogens is 478 g/mol. The van der Waals surface area contributed by atoms with Crippen molar-refractivity contribution in [2.75, 3.05) is 17.2 Å². The van der Waals surface area contributed by atoms with Crippen molar-refractivity contribution >= 4 is 29.0 Å². The molecule has 0 spiro atoms. The third kappa shape index (κ3) is 4.79. The van der Waals surface area contributed by atoms with Crippen LogP contribution in [-0.4, -0.2) is 39.9 Å². The van der Waals surface area contributed by atoms with Gasteiger partial charge in [0.15, 0.2) is 11.3 Å². The van der Waals surface area contributed by atoms with Crippen LogP contribution in [0.1, 0.15) is 35.0 Å². The maximum absolute atomic E-state index is 15.2. The minimum Gasteiger partial charge on any atom is -0.480 e. The second-order valence-electron chi connectivity index (χ2n) is 7.83. The highest BCUT2D eigenvalue weighted by Crippen LogP contribution is 2.35. The van der Waals surface area contributed by atoms with Crippen LogP contribution >= 0.6 is 11.6 Å². The summed E-state index contributed by atoms with van der Waals surface area (Å²) in [6.07, 6.45) is -5.22. The number of H-pyrrole nitrogens is 1. The number of benzene rings is 1. The van der Waals surface area contributed by atoms with Crippen molar-refractivity contribution < 1.29 is 27.1 Å². The lowest BCUT2D eigenvalue weighted by Crippen LogP contribution is -2.32. The Morgan fingerprint density at radius 1 is 1.29 bits per heavy atom. The second-order valence-corrected chi connectivity index (χ2v) is 8.19. The number of carbonyl (C=O) groups excluding carboxylic acids is 1. The molecule has 4 rings (SSSR count). The number of aryl methyl sites for hydroxylation is 2. The number of rotatable bonds is 5. The normalized spacial score (nSPS) is 14.2. The quantitative estimate of drug-likeness (QED) is 0.404. The number of amides is 1. The van der Waals surface area contributed by atoms with E-state index in [1.165, 1.54) is 0 Å². The van der Waals surface area contributed by atoms with E-state index in [4.69, 9.17) is 16.3 Å². The van der Waals surface area contributed by atoms with Crippen molar-refractivity contribution in [3.8, 4) is 17.0 Å². The summed E-state index contributed by atoms with van der Waals surface area (Å²) < 4.78 is 59.9. The van der Waals surface area contributed by atoms with E-state index < -0.39 is 35.3 Å². The molecule has 0 fully saturated rings. The molecule has 0 bridgehead atoms. The molecule has 7 nitrogen and oxygen atoms in total. The molecule has 12 heteroatoms. The summed E-state index contributed by atoms with van der Waals surface area (Å²) >= 11 is 5.93. The first-order valence-corrected chi connectivity index (χ1v) is 10.7. The van der Waals surface area contributed by atoms with Crippen LogP contribution in [0.4, 0.5) is 29.1 Å². The van der Waals surface area contributed by atoms with Crippen molar-refractivity contribution in [1.82, 2.24) is 15.2 Å². The molecule has 0 saturated carbocycles. The number of hydrogen-bond donors (Lipinski definition) is 3. The molecule has 1 aliphatic rings. The number of alkyl halides is 3. The zero-order valence-electron chi connectivity index (χ0n) is 18.1. The molecule has 2 aromatic heterocycles. The third-order valence-electron chi connectivity index (χ3n) is 5.39. The van der Waals surface area contributed by atoms with Gasteiger partial charge in [-0.2, -0.15) is 18.3 Å². The molecule has 3 N–H and O–H groups in total. The van der Waals surface area contributed by atoms with Crippen LogP contribution in [0.5, 0.6) is 5.75 Å². The molecule has 0 saturated heterocycles. The number of aromatic amines is 1. The lowest BCUT2D eigenvalue weighted by atomic mass is 10.0. The van der Waals surface area contributed by atoms with E-state index in [9.17, 15) is 18.0 Å². The van der Waals surface area contributed by atoms with E-state index in [1.807, 2.05) is 0 Å². The number of carbonyl (C=O) groups is 1. The fourth-order valence-corrected chi connectivity index (χ4v) is 3.72. The first-order chi connectivity index (χ1) is 16.0. The Balaban J connectivity index is 1.76. The Morgan fingerprint density at radius 3 is 2.74 bits per heavy atom. The minimum absolute atomic E-state index is 0.0557. The Kier molecular flexibility index (Phi) is 6.39. The van der Waals surface area contributed by atoms with Crippen LogP contribution < -0.4 is 15.4 Å². The summed E-state index contributed by atoms with van der Waals surface area (Å²) in [5.41, 5.74) is 1.14. The van der Waals surface area contributed by atoms with Crippen LogP contribution in [0.15, 0.2) is 24.3 Å². The maximum Gasteiger partial charge on any atom is 0.425 e. The molecule has 180 valence electrons. The minimum atomic E-state index is -4.71. The van der Waals surface area contributed by atoms with Gasteiger partial charge in [0.25, 0.3) is 5.91 Å². The summed E-state index contributed by atoms with van der Waals surface area (Å²) in [6, 6.07) is 5.23. The van der Waals surface area contributed by atoms with Gasteiger partial charge in [0, 0.05) is 12.1 Å². The van der Waals surface area contributed by atoms with Crippen molar-refractivity contribution in [3.05, 3.63) is 52.1 Å². The highest BCUT2D eigenvalue weighted by molar-refractivity contribution is 6.33. The second kappa shape index (κ2) is 9.13. The van der Waals surface area contributed by atoms with Gasteiger partial charge in [0.05, 0.1) is 17.0 Å². The first-order valence-electron chi connectivity index (χ1n) is 10.4. The maximum atomic E-state index is 15.2. The molecule has 3 aromatic rings. The molecule has 0 aliphatic carbocycles. The number of fused-ring (bicyclic) bond motifs is 1. The Morgan fingerprint density at radius 2 is 2.06 bits per heavy atom. The van der Waals surface area contributed by atoms with Gasteiger partial charge in [0.2, 0.25) is 0 Å². The smallest absolute Gasteiger partial charge is 0.425 e. The summed E-state index contributed by atoms with van der Waals surface area (Å²) in [6.45, 7) is 3.08. The van der Waals surface area contributed by atoms with Crippen LogP contribution in [0.2, 0.25) is 5.15 Å². The highest BCUT2D eigenvalue weighted by Gasteiger charge is 2.39. The van der Waals surface area contributed by atoms with Crippen molar-refractivity contribution in [3.63, 3.8) is 0 Å². The van der Waals surface area contributed by atoms with Gasteiger partial charge in [-0.1, -0.05) is 17.7 Å². The number of halogens is 5. The van der Waals surface area contributed by atoms with E-state index in [0.717, 1.165) is 37.5 Å². The summed E-state index contributed by atoms with van der Waals surface area (Å²) in [5, 5.41) is 11.8. The Hall–Kier alpha value is -3.34. The van der Waals surface area contributed by atoms with Crippen LogP contribution in [0.3, 0.4) is 0 Å². The van der Waals surface area contributed by atoms with Gasteiger partial charge in [-0.3, -0.25) is 9.89 Å². The van der Waals surface area contributed by atoms with Gasteiger partial charge in [-0.25, -0.2) is 9.37 Å². The van der Waals surface area contributed by atoms with Gasteiger partial charge in [-0.15, -0.1) is 0 Å². The van der Waals surface area contributed by atoms with Gasteiger partial charge < -0.3 is 15.4 Å². The highest BCUT2D eigenvalue weighted by atomic mass is 35.5. The molecule has 3 heterocycles. The summed E-state index contributed by atoms with van der Waals surface area (Å²) in [5.74, 6) is -1.64. The standard InChI is InChI=1S/C22H20ClF4N5O2/c1-10-18(19(23)32-31-10)30-21(33)14-8-15(24)13(9-17(14)34-11(2)22(25,26)27)16-6-5-12-4-3-7-28-20(12)29-16/h5-6,8-9,11H,3-4,7H2,1-2H3,(H,28,29)(H,30,33)(H,31,32). The molecular formula is C22H20ClF4N5O2. The monoisotopic (exact) mass is 497 g/mol. The number of anilines is 2. The van der Waals surface area contributed by atoms with E-state index in [2.05, 4.69) is 25.8 Å². The van der Waals surface area contributed by atoms with Crippen LogP contribution in [0.25, 0.3) is 11.3 Å². The Labute approximate surface area is 196 Å². The molecule has 1 atom stereocenters. The molecule has 0 radical (unpaired) electrons. The molecule has 1 aromatic carbocycles. The third-order valence-corrected chi connectivity index (χ3v) is 5.66. The molecule has 34 heavy (non-hydrogen) atoms. The average Bonchev–Trinajstić information content (AvgIpc) is 3.11. The van der Waals surface area contributed by atoms with Crippen molar-refractivity contribution in [2.24, 2.45) is 0 Å². The predicted octanol–water partition coefficient (Wildman–Crippen LogP) is 5.51. The topological polar surface area (TPSA) is 91.9 Å². The number of nitrogens with zero attached hydrogens (tertiary/aromatic N) is 2. The van der Waals surface area contributed by atoms with Crippen molar-refractivity contribution in [2.45, 2.75) is 39.0 Å². The lowest BCUT2D eigenvalue weighted by Gasteiger charge is -2.21. The van der Waals surface area contributed by atoms with E-state index in [-0.39, 0.29) is 22.1 Å². The number of nitrogens with one attached hydrogen (secondary N) is 3. The zero-order valence-corrected chi connectivity index (χ0v) is 18.9. The molecule has 1 unspecified atom stereocenters. The zero-order chi connectivity index (χ0) is 24.6. The number of aromatic nitrogens is 3. The average molecular weight is 498 g/mol. The number of ether oxygens (including phenoxy) is 1. The summed E-state index contributed by atoms with van der Waals surface area (Å²) in [4.78, 5) is 17.3. The number of hydrogen-bond acceptors (Lipinski definition) is 5. The lowest BCUT2D eigenvalue weighted by molar-refractivity contribution is -0.189. The summed E-state index contributed by atoms with van der Waals surface area (Å²) in [7, 11) is 0. The largest absolute Gasteiger partial charge is 0.480 e. The van der Waals surface area contributed by atoms with E-state index in [0.29, 0.717) is 18.1 Å². The van der Waals surface area contributed by atoms with Gasteiger partial charge >= 0.3 is 6.18 Å². The fraction of sp³-hybridized carbons (Fsp3) is 0.318. The van der Waals surface area contributed by atoms with Crippen LogP contribution in [-0.2, 0) is 6.42 Å². The van der Waals surface area contributed by atoms with Crippen molar-refractivity contribution in [1.29, 1.82) is 0 Å². The number of pyridine rings is 1.